The van der Waals surface area contributed by atoms with Crippen LogP contribution in [0.2, 0.25) is 0 Å². The highest BCUT2D eigenvalue weighted by Gasteiger charge is 2.07. The number of nitrogens with one attached hydrogen (secondary N) is 1. The zero-order valence-electron chi connectivity index (χ0n) is 8.61. The molecule has 1 aromatic heterocycles. The topological polar surface area (TPSA) is 68.0 Å². The number of hydrogen-bond acceptors (Lipinski definition) is 5. The van der Waals surface area contributed by atoms with Crippen molar-refractivity contribution in [1.82, 2.24) is 15.6 Å². The van der Waals surface area contributed by atoms with Crippen molar-refractivity contribution in [2.24, 2.45) is 0 Å². The standard InChI is InChI=1S/C8H15N3O2S/c1-6(14(3)12)4-9-5-8-7(2)10-13-11-8/h6,9H,4-5H2,1-3H3. The van der Waals surface area contributed by atoms with Gasteiger partial charge in [-0.15, -0.1) is 0 Å². The Balaban J connectivity index is 2.29. The van der Waals surface area contributed by atoms with E-state index in [1.54, 1.807) is 6.26 Å². The normalized spacial score (nSPS) is 15.4. The molecule has 2 atom stereocenters. The van der Waals surface area contributed by atoms with E-state index in [2.05, 4.69) is 20.3 Å². The molecule has 0 saturated carbocycles. The summed E-state index contributed by atoms with van der Waals surface area (Å²) < 4.78 is 15.6. The number of rotatable bonds is 5. The summed E-state index contributed by atoms with van der Waals surface area (Å²) in [6.45, 7) is 5.10. The summed E-state index contributed by atoms with van der Waals surface area (Å²) in [7, 11) is -0.786. The van der Waals surface area contributed by atoms with Crippen LogP contribution in [0.15, 0.2) is 4.63 Å². The first-order valence-corrected chi connectivity index (χ1v) is 6.04. The van der Waals surface area contributed by atoms with E-state index < -0.39 is 10.8 Å². The Labute approximate surface area is 85.7 Å². The van der Waals surface area contributed by atoms with Gasteiger partial charge in [0.1, 0.15) is 11.4 Å². The van der Waals surface area contributed by atoms with Gasteiger partial charge in [-0.3, -0.25) is 4.21 Å². The first kappa shape index (κ1) is 11.3. The van der Waals surface area contributed by atoms with Crippen LogP contribution in [0.3, 0.4) is 0 Å². The highest BCUT2D eigenvalue weighted by molar-refractivity contribution is 7.84. The highest BCUT2D eigenvalue weighted by atomic mass is 32.2. The second kappa shape index (κ2) is 5.21. The lowest BCUT2D eigenvalue weighted by atomic mass is 10.3. The summed E-state index contributed by atoms with van der Waals surface area (Å²) in [5.74, 6) is 0. The van der Waals surface area contributed by atoms with Gasteiger partial charge in [0.2, 0.25) is 0 Å². The maximum absolute atomic E-state index is 11.0. The van der Waals surface area contributed by atoms with Gasteiger partial charge in [0.05, 0.1) is 0 Å². The fourth-order valence-corrected chi connectivity index (χ4v) is 1.27. The van der Waals surface area contributed by atoms with Crippen molar-refractivity contribution in [1.29, 1.82) is 0 Å². The van der Waals surface area contributed by atoms with Crippen LogP contribution in [0.25, 0.3) is 0 Å². The van der Waals surface area contributed by atoms with Crippen LogP contribution in [0.5, 0.6) is 0 Å². The molecule has 1 aromatic rings. The second-order valence-corrected chi connectivity index (χ2v) is 5.04. The molecule has 0 aromatic carbocycles. The average Bonchev–Trinajstić information content (AvgIpc) is 2.51. The minimum absolute atomic E-state index is 0.148. The second-order valence-electron chi connectivity index (χ2n) is 3.24. The van der Waals surface area contributed by atoms with Gasteiger partial charge < -0.3 is 5.32 Å². The lowest BCUT2D eigenvalue weighted by Gasteiger charge is -2.08. The number of aryl methyl sites for hydroxylation is 1. The van der Waals surface area contributed by atoms with Crippen LogP contribution >= 0.6 is 0 Å². The van der Waals surface area contributed by atoms with Gasteiger partial charge in [-0.25, -0.2) is 4.63 Å². The van der Waals surface area contributed by atoms with Crippen LogP contribution in [0.1, 0.15) is 18.3 Å². The molecule has 0 aliphatic rings. The third-order valence-corrected chi connectivity index (χ3v) is 3.34. The maximum atomic E-state index is 11.0. The Kier molecular flexibility index (Phi) is 4.21. The van der Waals surface area contributed by atoms with Gasteiger partial charge >= 0.3 is 0 Å². The Hall–Kier alpha value is -0.750. The molecule has 5 nitrogen and oxygen atoms in total. The predicted molar refractivity (Wildman–Crippen MR) is 54.3 cm³/mol. The van der Waals surface area contributed by atoms with Gasteiger partial charge in [-0.2, -0.15) is 0 Å². The number of hydrogen-bond donors (Lipinski definition) is 1. The SMILES string of the molecule is Cc1nonc1CNCC(C)S(C)=O. The van der Waals surface area contributed by atoms with E-state index in [0.29, 0.717) is 13.1 Å². The summed E-state index contributed by atoms with van der Waals surface area (Å²) in [6, 6.07) is 0. The summed E-state index contributed by atoms with van der Waals surface area (Å²) in [5.41, 5.74) is 1.60. The molecule has 0 spiro atoms. The molecule has 0 saturated heterocycles. The molecule has 6 heteroatoms. The summed E-state index contributed by atoms with van der Waals surface area (Å²) in [4.78, 5) is 0. The van der Waals surface area contributed by atoms with Crippen LogP contribution in [0, 0.1) is 6.92 Å². The van der Waals surface area contributed by atoms with Crippen molar-refractivity contribution < 1.29 is 8.84 Å². The smallest absolute Gasteiger partial charge is 0.121 e. The third-order valence-electron chi connectivity index (χ3n) is 2.04. The summed E-state index contributed by atoms with van der Waals surface area (Å²) in [5, 5.41) is 10.7. The van der Waals surface area contributed by atoms with Crippen molar-refractivity contribution in [3.05, 3.63) is 11.4 Å². The maximum Gasteiger partial charge on any atom is 0.121 e. The van der Waals surface area contributed by atoms with Crippen molar-refractivity contribution in [3.63, 3.8) is 0 Å². The first-order chi connectivity index (χ1) is 6.61. The lowest BCUT2D eigenvalue weighted by molar-refractivity contribution is 0.300. The molecular formula is C8H15N3O2S. The molecule has 1 N–H and O–H groups in total. The van der Waals surface area contributed by atoms with Crippen molar-refractivity contribution in [3.8, 4) is 0 Å². The Morgan fingerprint density at radius 1 is 1.57 bits per heavy atom. The Bertz CT molecular complexity index is 313. The van der Waals surface area contributed by atoms with Crippen LogP contribution in [0.4, 0.5) is 0 Å². The molecule has 0 aliphatic heterocycles. The van der Waals surface area contributed by atoms with Gasteiger partial charge in [0, 0.05) is 35.4 Å². The van der Waals surface area contributed by atoms with E-state index in [1.807, 2.05) is 13.8 Å². The molecule has 1 heterocycles. The van der Waals surface area contributed by atoms with Gasteiger partial charge in [-0.05, 0) is 13.8 Å². The monoisotopic (exact) mass is 217 g/mol. The Morgan fingerprint density at radius 2 is 2.29 bits per heavy atom. The quantitative estimate of drug-likeness (QED) is 0.765. The van der Waals surface area contributed by atoms with Crippen molar-refractivity contribution in [2.45, 2.75) is 25.6 Å². The molecule has 0 radical (unpaired) electrons. The van der Waals surface area contributed by atoms with E-state index in [1.165, 1.54) is 0 Å². The molecule has 14 heavy (non-hydrogen) atoms. The minimum atomic E-state index is -0.786. The van der Waals surface area contributed by atoms with Crippen LogP contribution < -0.4 is 5.32 Å². The fraction of sp³-hybridized carbons (Fsp3) is 0.750. The first-order valence-electron chi connectivity index (χ1n) is 4.42. The van der Waals surface area contributed by atoms with E-state index in [9.17, 15) is 4.21 Å². The summed E-state index contributed by atoms with van der Waals surface area (Å²) in [6.07, 6.45) is 1.70. The van der Waals surface area contributed by atoms with Gasteiger partial charge in [0.15, 0.2) is 0 Å². The van der Waals surface area contributed by atoms with E-state index in [0.717, 1.165) is 11.4 Å². The molecule has 1 rings (SSSR count). The number of nitrogens with zero attached hydrogens (tertiary/aromatic N) is 2. The van der Waals surface area contributed by atoms with Gasteiger partial charge in [0.25, 0.3) is 0 Å². The molecule has 0 bridgehead atoms. The van der Waals surface area contributed by atoms with E-state index >= 15 is 0 Å². The van der Waals surface area contributed by atoms with Crippen LogP contribution in [-0.4, -0.2) is 32.6 Å². The van der Waals surface area contributed by atoms with Crippen LogP contribution in [-0.2, 0) is 17.3 Å². The molecule has 0 fully saturated rings. The molecule has 0 aliphatic carbocycles. The predicted octanol–water partition coefficient (Wildman–Crippen LogP) is 0.235. The molecule has 0 amide bonds. The largest absolute Gasteiger partial charge is 0.310 e. The fourth-order valence-electron chi connectivity index (χ4n) is 0.921. The lowest BCUT2D eigenvalue weighted by Crippen LogP contribution is -2.27. The Morgan fingerprint density at radius 3 is 2.79 bits per heavy atom. The van der Waals surface area contributed by atoms with Crippen molar-refractivity contribution in [2.75, 3.05) is 12.8 Å². The number of aromatic nitrogens is 2. The molecular weight excluding hydrogens is 202 g/mol. The zero-order chi connectivity index (χ0) is 10.6. The molecule has 2 unspecified atom stereocenters. The van der Waals surface area contributed by atoms with Crippen molar-refractivity contribution >= 4 is 10.8 Å². The highest BCUT2D eigenvalue weighted by Crippen LogP contribution is 1.99. The molecule has 80 valence electrons. The van der Waals surface area contributed by atoms with E-state index in [4.69, 9.17) is 0 Å². The minimum Gasteiger partial charge on any atom is -0.310 e. The van der Waals surface area contributed by atoms with Gasteiger partial charge in [-0.1, -0.05) is 10.3 Å². The average molecular weight is 217 g/mol. The zero-order valence-corrected chi connectivity index (χ0v) is 9.43. The third kappa shape index (κ3) is 3.19. The van der Waals surface area contributed by atoms with E-state index in [-0.39, 0.29) is 5.25 Å². The summed E-state index contributed by atoms with van der Waals surface area (Å²) >= 11 is 0.